The molecular formula is C15H19N3. The van der Waals surface area contributed by atoms with Crippen molar-refractivity contribution in [2.24, 2.45) is 5.92 Å². The molecule has 1 aliphatic rings. The first-order valence-electron chi connectivity index (χ1n) is 6.84. The number of aromatic nitrogens is 3. The molecule has 1 fully saturated rings. The lowest BCUT2D eigenvalue weighted by Gasteiger charge is -2.03. The van der Waals surface area contributed by atoms with E-state index < -0.39 is 0 Å². The first kappa shape index (κ1) is 11.5. The zero-order valence-corrected chi connectivity index (χ0v) is 10.6. The lowest BCUT2D eigenvalue weighted by atomic mass is 10.0. The fourth-order valence-corrected chi connectivity index (χ4v) is 2.77. The molecule has 1 aliphatic carbocycles. The van der Waals surface area contributed by atoms with Crippen molar-refractivity contribution in [3.63, 3.8) is 0 Å². The molecule has 0 aliphatic heterocycles. The highest BCUT2D eigenvalue weighted by molar-refractivity contribution is 5.18. The van der Waals surface area contributed by atoms with Gasteiger partial charge in [-0.1, -0.05) is 56.0 Å². The van der Waals surface area contributed by atoms with Crippen molar-refractivity contribution in [1.82, 2.24) is 15.2 Å². The lowest BCUT2D eigenvalue weighted by molar-refractivity contribution is 0.531. The molecule has 18 heavy (non-hydrogen) atoms. The molecule has 1 N–H and O–H groups in total. The van der Waals surface area contributed by atoms with E-state index in [1.165, 1.54) is 31.2 Å². The minimum Gasteiger partial charge on any atom is -0.263 e. The normalized spacial score (nSPS) is 16.2. The van der Waals surface area contributed by atoms with E-state index in [4.69, 9.17) is 0 Å². The molecular weight excluding hydrogens is 222 g/mol. The van der Waals surface area contributed by atoms with Gasteiger partial charge >= 0.3 is 0 Å². The molecule has 2 aromatic rings. The fourth-order valence-electron chi connectivity index (χ4n) is 2.77. The predicted octanol–water partition coefficient (Wildman–Crippen LogP) is 3.13. The summed E-state index contributed by atoms with van der Waals surface area (Å²) in [7, 11) is 0. The van der Waals surface area contributed by atoms with Crippen molar-refractivity contribution < 1.29 is 0 Å². The number of benzene rings is 1. The van der Waals surface area contributed by atoms with Gasteiger partial charge in [0.1, 0.15) is 5.82 Å². The Balaban J connectivity index is 1.62. The first-order chi connectivity index (χ1) is 8.90. The molecule has 3 nitrogen and oxygen atoms in total. The lowest BCUT2D eigenvalue weighted by Crippen LogP contribution is -2.00. The number of rotatable bonds is 4. The Morgan fingerprint density at radius 3 is 2.67 bits per heavy atom. The largest absolute Gasteiger partial charge is 0.263 e. The number of hydrogen-bond acceptors (Lipinski definition) is 2. The summed E-state index contributed by atoms with van der Waals surface area (Å²) in [5, 5.41) is 7.41. The summed E-state index contributed by atoms with van der Waals surface area (Å²) in [5.74, 6) is 2.78. The topological polar surface area (TPSA) is 41.6 Å². The van der Waals surface area contributed by atoms with Gasteiger partial charge in [0.15, 0.2) is 5.82 Å². The van der Waals surface area contributed by atoms with Gasteiger partial charge in [0, 0.05) is 12.8 Å². The van der Waals surface area contributed by atoms with Crippen LogP contribution in [0.1, 0.15) is 42.9 Å². The van der Waals surface area contributed by atoms with Crippen molar-refractivity contribution in [3.05, 3.63) is 47.5 Å². The van der Waals surface area contributed by atoms with Crippen molar-refractivity contribution >= 4 is 0 Å². The highest BCUT2D eigenvalue weighted by atomic mass is 15.2. The Kier molecular flexibility index (Phi) is 3.40. The van der Waals surface area contributed by atoms with E-state index in [1.807, 2.05) is 6.07 Å². The zero-order valence-electron chi connectivity index (χ0n) is 10.6. The van der Waals surface area contributed by atoms with Crippen molar-refractivity contribution in [1.29, 1.82) is 0 Å². The van der Waals surface area contributed by atoms with Crippen LogP contribution >= 0.6 is 0 Å². The molecule has 3 heteroatoms. The van der Waals surface area contributed by atoms with Gasteiger partial charge in [-0.15, -0.1) is 0 Å². The van der Waals surface area contributed by atoms with E-state index in [0.717, 1.165) is 30.4 Å². The van der Waals surface area contributed by atoms with Crippen LogP contribution in [0.15, 0.2) is 30.3 Å². The van der Waals surface area contributed by atoms with Gasteiger partial charge in [-0.05, 0) is 11.5 Å². The second kappa shape index (κ2) is 5.34. The average Bonchev–Trinajstić information content (AvgIpc) is 3.03. The Bertz CT molecular complexity index is 483. The number of hydrogen-bond donors (Lipinski definition) is 1. The quantitative estimate of drug-likeness (QED) is 0.893. The van der Waals surface area contributed by atoms with Crippen molar-refractivity contribution in [2.45, 2.75) is 38.5 Å². The molecule has 1 saturated carbocycles. The van der Waals surface area contributed by atoms with Crippen LogP contribution in [0.4, 0.5) is 0 Å². The van der Waals surface area contributed by atoms with Gasteiger partial charge in [0.2, 0.25) is 0 Å². The summed E-state index contributed by atoms with van der Waals surface area (Å²) in [4.78, 5) is 4.60. The van der Waals surface area contributed by atoms with Gasteiger partial charge < -0.3 is 0 Å². The summed E-state index contributed by atoms with van der Waals surface area (Å²) in [6, 6.07) is 10.4. The van der Waals surface area contributed by atoms with Gasteiger partial charge in [-0.2, -0.15) is 5.10 Å². The number of nitrogens with one attached hydrogen (secondary N) is 1. The molecule has 1 aromatic heterocycles. The molecule has 1 heterocycles. The summed E-state index contributed by atoms with van der Waals surface area (Å²) in [5.41, 5.74) is 1.28. The summed E-state index contributed by atoms with van der Waals surface area (Å²) in [6.07, 6.45) is 7.35. The van der Waals surface area contributed by atoms with E-state index in [-0.39, 0.29) is 0 Å². The number of nitrogens with zero attached hydrogens (tertiary/aromatic N) is 2. The van der Waals surface area contributed by atoms with Crippen LogP contribution in [-0.2, 0) is 12.8 Å². The Morgan fingerprint density at radius 2 is 1.89 bits per heavy atom. The molecule has 0 amide bonds. The van der Waals surface area contributed by atoms with Crippen LogP contribution in [0.25, 0.3) is 0 Å². The molecule has 94 valence electrons. The molecule has 0 spiro atoms. The van der Waals surface area contributed by atoms with Crippen LogP contribution in [0.5, 0.6) is 0 Å². The van der Waals surface area contributed by atoms with Crippen LogP contribution in [0, 0.1) is 5.92 Å². The second-order valence-electron chi connectivity index (χ2n) is 5.22. The number of aromatic amines is 1. The zero-order chi connectivity index (χ0) is 12.2. The SMILES string of the molecule is c1ccc(Cc2nc(CC3CCCC3)n[nH]2)cc1. The maximum Gasteiger partial charge on any atom is 0.150 e. The molecule has 0 saturated heterocycles. The maximum atomic E-state index is 4.60. The Morgan fingerprint density at radius 1 is 1.11 bits per heavy atom. The maximum absolute atomic E-state index is 4.60. The Labute approximate surface area is 108 Å². The standard InChI is InChI=1S/C15H19N3/c1-2-6-12(7-3-1)10-14-16-15(18-17-14)11-13-8-4-5-9-13/h1-3,6-7,13H,4-5,8-11H2,(H,16,17,18). The predicted molar refractivity (Wildman–Crippen MR) is 71.3 cm³/mol. The van der Waals surface area contributed by atoms with E-state index in [1.54, 1.807) is 0 Å². The molecule has 3 rings (SSSR count). The Hall–Kier alpha value is -1.64. The van der Waals surface area contributed by atoms with E-state index in [2.05, 4.69) is 39.4 Å². The highest BCUT2D eigenvalue weighted by Gasteiger charge is 2.17. The third-order valence-corrected chi connectivity index (χ3v) is 3.74. The van der Waals surface area contributed by atoms with Gasteiger partial charge in [-0.3, -0.25) is 5.10 Å². The van der Waals surface area contributed by atoms with Gasteiger partial charge in [0.25, 0.3) is 0 Å². The fraction of sp³-hybridized carbons (Fsp3) is 0.467. The van der Waals surface area contributed by atoms with Crippen LogP contribution < -0.4 is 0 Å². The van der Waals surface area contributed by atoms with Crippen LogP contribution in [-0.4, -0.2) is 15.2 Å². The molecule has 0 bridgehead atoms. The van der Waals surface area contributed by atoms with E-state index >= 15 is 0 Å². The molecule has 1 aromatic carbocycles. The summed E-state index contributed by atoms with van der Waals surface area (Å²) in [6.45, 7) is 0. The van der Waals surface area contributed by atoms with Crippen LogP contribution in [0.2, 0.25) is 0 Å². The highest BCUT2D eigenvalue weighted by Crippen LogP contribution is 2.27. The molecule has 0 unspecified atom stereocenters. The third kappa shape index (κ3) is 2.78. The van der Waals surface area contributed by atoms with Gasteiger partial charge in [-0.25, -0.2) is 4.98 Å². The summed E-state index contributed by atoms with van der Waals surface area (Å²) < 4.78 is 0. The van der Waals surface area contributed by atoms with Gasteiger partial charge in [0.05, 0.1) is 0 Å². The first-order valence-corrected chi connectivity index (χ1v) is 6.84. The van der Waals surface area contributed by atoms with E-state index in [9.17, 15) is 0 Å². The monoisotopic (exact) mass is 241 g/mol. The number of H-pyrrole nitrogens is 1. The summed E-state index contributed by atoms with van der Waals surface area (Å²) >= 11 is 0. The smallest absolute Gasteiger partial charge is 0.150 e. The average molecular weight is 241 g/mol. The minimum atomic E-state index is 0.811. The van der Waals surface area contributed by atoms with E-state index in [0.29, 0.717) is 0 Å². The van der Waals surface area contributed by atoms with Crippen molar-refractivity contribution in [3.8, 4) is 0 Å². The third-order valence-electron chi connectivity index (χ3n) is 3.74. The molecule has 0 radical (unpaired) electrons. The second-order valence-corrected chi connectivity index (χ2v) is 5.22. The minimum absolute atomic E-state index is 0.811. The van der Waals surface area contributed by atoms with Crippen LogP contribution in [0.3, 0.4) is 0 Å². The van der Waals surface area contributed by atoms with Crippen molar-refractivity contribution in [2.75, 3.05) is 0 Å². The molecule has 0 atom stereocenters.